The van der Waals surface area contributed by atoms with E-state index in [0.29, 0.717) is 6.04 Å². The van der Waals surface area contributed by atoms with Gasteiger partial charge in [0.1, 0.15) is 12.4 Å². The molecule has 1 aromatic rings. The monoisotopic (exact) mass is 391 g/mol. The molecule has 2 nitrogen and oxygen atoms in total. The summed E-state index contributed by atoms with van der Waals surface area (Å²) in [6, 6.07) is 0.573. The molecule has 0 radical (unpaired) electrons. The number of aromatic nitrogens is 2. The zero-order valence-corrected chi connectivity index (χ0v) is 19.9. The molecule has 1 aromatic heterocycles. The third-order valence-corrected chi connectivity index (χ3v) is 6.10. The predicted octanol–water partition coefficient (Wildman–Crippen LogP) is 8.18. The number of rotatable bonds is 19. The van der Waals surface area contributed by atoms with Crippen molar-refractivity contribution in [1.29, 1.82) is 0 Å². The lowest BCUT2D eigenvalue weighted by Crippen LogP contribution is -2.37. The maximum atomic E-state index is 2.55. The quantitative estimate of drug-likeness (QED) is 0.166. The molecule has 1 rings (SSSR count). The van der Waals surface area contributed by atoms with E-state index >= 15 is 0 Å². The van der Waals surface area contributed by atoms with Crippen molar-refractivity contribution >= 4 is 0 Å². The average Bonchev–Trinajstić information content (AvgIpc) is 3.09. The number of aryl methyl sites for hydroxylation is 1. The highest BCUT2D eigenvalue weighted by Crippen LogP contribution is 2.14. The Balaban J connectivity index is 2.27. The summed E-state index contributed by atoms with van der Waals surface area (Å²) < 4.78 is 5.06. The van der Waals surface area contributed by atoms with Gasteiger partial charge in [0, 0.05) is 6.42 Å². The molecule has 28 heavy (non-hydrogen) atoms. The molecule has 0 bridgehead atoms. The van der Waals surface area contributed by atoms with E-state index in [0.717, 1.165) is 0 Å². The summed E-state index contributed by atoms with van der Waals surface area (Å²) in [6.07, 6.45) is 28.4. The summed E-state index contributed by atoms with van der Waals surface area (Å²) in [7, 11) is 0. The summed E-state index contributed by atoms with van der Waals surface area (Å²) in [4.78, 5) is 0. The molecule has 0 aromatic carbocycles. The van der Waals surface area contributed by atoms with Gasteiger partial charge in [-0.25, -0.2) is 9.13 Å². The fourth-order valence-electron chi connectivity index (χ4n) is 4.25. The first kappa shape index (κ1) is 25.2. The standard InChI is InChI=1S/C26H51N2/c1-5-7-9-11-13-14-15-17-19-21-26-27(23-24-28(26)25(3)4)22-20-18-16-12-10-8-6-2/h23-25H,5-22H2,1-4H3/q+1. The van der Waals surface area contributed by atoms with Crippen molar-refractivity contribution in [3.8, 4) is 0 Å². The molecule has 0 unspecified atom stereocenters. The van der Waals surface area contributed by atoms with Gasteiger partial charge in [0.2, 0.25) is 0 Å². The van der Waals surface area contributed by atoms with Gasteiger partial charge in [0.05, 0.1) is 12.6 Å². The fraction of sp³-hybridized carbons (Fsp3) is 0.885. The van der Waals surface area contributed by atoms with Crippen LogP contribution in [0.25, 0.3) is 0 Å². The van der Waals surface area contributed by atoms with E-state index in [-0.39, 0.29) is 0 Å². The van der Waals surface area contributed by atoms with Crippen molar-refractivity contribution in [3.05, 3.63) is 18.2 Å². The van der Waals surface area contributed by atoms with Gasteiger partial charge in [0.15, 0.2) is 0 Å². The van der Waals surface area contributed by atoms with Gasteiger partial charge >= 0.3 is 0 Å². The first-order chi connectivity index (χ1) is 13.7. The van der Waals surface area contributed by atoms with Crippen molar-refractivity contribution in [2.45, 2.75) is 149 Å². The van der Waals surface area contributed by atoms with Crippen LogP contribution in [-0.4, -0.2) is 4.57 Å². The zero-order valence-electron chi connectivity index (χ0n) is 19.9. The van der Waals surface area contributed by atoms with Gasteiger partial charge in [0.25, 0.3) is 5.82 Å². The van der Waals surface area contributed by atoms with Crippen molar-refractivity contribution in [2.75, 3.05) is 0 Å². The number of hydrogen-bond donors (Lipinski definition) is 0. The van der Waals surface area contributed by atoms with Crippen molar-refractivity contribution in [1.82, 2.24) is 4.57 Å². The van der Waals surface area contributed by atoms with E-state index in [1.54, 1.807) is 5.82 Å². The van der Waals surface area contributed by atoms with Crippen LogP contribution < -0.4 is 4.57 Å². The van der Waals surface area contributed by atoms with Crippen LogP contribution in [0.15, 0.2) is 12.4 Å². The molecular formula is C26H51N2+. The minimum atomic E-state index is 0.573. The van der Waals surface area contributed by atoms with Crippen molar-refractivity contribution in [3.63, 3.8) is 0 Å². The van der Waals surface area contributed by atoms with Crippen LogP contribution in [0.4, 0.5) is 0 Å². The molecule has 0 amide bonds. The smallest absolute Gasteiger partial charge is 0.234 e. The van der Waals surface area contributed by atoms with Crippen LogP contribution in [-0.2, 0) is 13.0 Å². The Morgan fingerprint density at radius 2 is 1.14 bits per heavy atom. The van der Waals surface area contributed by atoms with E-state index in [1.165, 1.54) is 116 Å². The lowest BCUT2D eigenvalue weighted by atomic mass is 10.1. The lowest BCUT2D eigenvalue weighted by Gasteiger charge is -2.08. The molecule has 0 saturated heterocycles. The zero-order chi connectivity index (χ0) is 20.5. The molecule has 1 heterocycles. The Morgan fingerprint density at radius 1 is 0.679 bits per heavy atom. The normalized spacial score (nSPS) is 11.6. The average molecular weight is 392 g/mol. The van der Waals surface area contributed by atoms with E-state index < -0.39 is 0 Å². The number of nitrogens with zero attached hydrogens (tertiary/aromatic N) is 2. The molecule has 0 spiro atoms. The number of imidazole rings is 1. The number of unbranched alkanes of at least 4 members (excludes halogenated alkanes) is 14. The highest BCUT2D eigenvalue weighted by Gasteiger charge is 2.18. The molecule has 0 fully saturated rings. The van der Waals surface area contributed by atoms with E-state index in [2.05, 4.69) is 49.2 Å². The Hall–Kier alpha value is -0.790. The second kappa shape index (κ2) is 17.1. The van der Waals surface area contributed by atoms with Crippen LogP contribution in [0.3, 0.4) is 0 Å². The highest BCUT2D eigenvalue weighted by atomic mass is 15.2. The van der Waals surface area contributed by atoms with Gasteiger partial charge in [-0.2, -0.15) is 0 Å². The van der Waals surface area contributed by atoms with E-state index in [9.17, 15) is 0 Å². The molecule has 0 aliphatic carbocycles. The van der Waals surface area contributed by atoms with E-state index in [1.807, 2.05) is 0 Å². The number of hydrogen-bond acceptors (Lipinski definition) is 0. The molecular weight excluding hydrogens is 340 g/mol. The molecule has 0 saturated carbocycles. The molecule has 2 heteroatoms. The predicted molar refractivity (Wildman–Crippen MR) is 124 cm³/mol. The Kier molecular flexibility index (Phi) is 15.4. The summed E-state index contributed by atoms with van der Waals surface area (Å²) in [6.45, 7) is 10.4. The Bertz CT molecular complexity index is 461. The van der Waals surface area contributed by atoms with Gasteiger partial charge in [-0.3, -0.25) is 0 Å². The van der Waals surface area contributed by atoms with Crippen LogP contribution in [0, 0.1) is 0 Å². The van der Waals surface area contributed by atoms with Crippen LogP contribution in [0.2, 0.25) is 0 Å². The molecule has 0 atom stereocenters. The van der Waals surface area contributed by atoms with Crippen LogP contribution >= 0.6 is 0 Å². The Labute approximate surface area is 177 Å². The summed E-state index contributed by atoms with van der Waals surface area (Å²) >= 11 is 0. The van der Waals surface area contributed by atoms with Crippen LogP contribution in [0.5, 0.6) is 0 Å². The molecule has 0 aliphatic rings. The van der Waals surface area contributed by atoms with Gasteiger partial charge in [-0.05, 0) is 33.1 Å². The fourth-order valence-corrected chi connectivity index (χ4v) is 4.25. The first-order valence-electron chi connectivity index (χ1n) is 12.8. The third kappa shape index (κ3) is 11.3. The molecule has 0 N–H and O–H groups in total. The largest absolute Gasteiger partial charge is 0.256 e. The van der Waals surface area contributed by atoms with E-state index in [4.69, 9.17) is 0 Å². The minimum absolute atomic E-state index is 0.573. The summed E-state index contributed by atoms with van der Waals surface area (Å²) in [5, 5.41) is 0. The molecule has 164 valence electrons. The third-order valence-electron chi connectivity index (χ3n) is 6.10. The summed E-state index contributed by atoms with van der Waals surface area (Å²) in [5.41, 5.74) is 0. The SMILES string of the molecule is CCCCCCCCCCCc1n(C(C)C)cc[n+]1CCCCCCCCC. The van der Waals surface area contributed by atoms with Crippen molar-refractivity contribution < 1.29 is 4.57 Å². The van der Waals surface area contributed by atoms with Crippen LogP contribution in [0.1, 0.15) is 142 Å². The van der Waals surface area contributed by atoms with Gasteiger partial charge < -0.3 is 0 Å². The van der Waals surface area contributed by atoms with Gasteiger partial charge in [-0.1, -0.05) is 97.3 Å². The second-order valence-corrected chi connectivity index (χ2v) is 9.11. The molecule has 0 aliphatic heterocycles. The second-order valence-electron chi connectivity index (χ2n) is 9.11. The topological polar surface area (TPSA) is 8.81 Å². The maximum Gasteiger partial charge on any atom is 0.256 e. The maximum absolute atomic E-state index is 2.55. The summed E-state index contributed by atoms with van der Waals surface area (Å²) in [5.74, 6) is 1.56. The minimum Gasteiger partial charge on any atom is -0.234 e. The van der Waals surface area contributed by atoms with Crippen molar-refractivity contribution in [2.24, 2.45) is 0 Å². The Morgan fingerprint density at radius 3 is 1.64 bits per heavy atom. The highest BCUT2D eigenvalue weighted by molar-refractivity contribution is 4.86. The van der Waals surface area contributed by atoms with Gasteiger partial charge in [-0.15, -0.1) is 0 Å². The lowest BCUT2D eigenvalue weighted by molar-refractivity contribution is -0.704. The first-order valence-corrected chi connectivity index (χ1v) is 12.8.